The molecule has 26 heavy (non-hydrogen) atoms. The Bertz CT molecular complexity index is 479. The highest BCUT2D eigenvalue weighted by Crippen LogP contribution is 2.47. The van der Waals surface area contributed by atoms with Crippen LogP contribution < -0.4 is 0 Å². The van der Waals surface area contributed by atoms with Crippen molar-refractivity contribution in [2.24, 2.45) is 10.8 Å². The first kappa shape index (κ1) is 23.4. The molecule has 0 N–H and O–H groups in total. The predicted molar refractivity (Wildman–Crippen MR) is 106 cm³/mol. The summed E-state index contributed by atoms with van der Waals surface area (Å²) in [6.07, 6.45) is 8.73. The van der Waals surface area contributed by atoms with E-state index in [4.69, 9.17) is 19.6 Å². The molecule has 0 aliphatic heterocycles. The molecule has 0 amide bonds. The molecule has 152 valence electrons. The van der Waals surface area contributed by atoms with Crippen LogP contribution in [0.15, 0.2) is 24.3 Å². The van der Waals surface area contributed by atoms with Gasteiger partial charge in [-0.3, -0.25) is 0 Å². The lowest BCUT2D eigenvalue weighted by molar-refractivity contribution is -0.411. The Morgan fingerprint density at radius 2 is 0.692 bits per heavy atom. The fraction of sp³-hybridized carbons (Fsp3) is 0.818. The Kier molecular flexibility index (Phi) is 6.33. The largest absolute Gasteiger partial charge is 0.230 e. The van der Waals surface area contributed by atoms with Gasteiger partial charge in [0.05, 0.1) is 11.2 Å². The lowest BCUT2D eigenvalue weighted by atomic mass is 9.65. The van der Waals surface area contributed by atoms with Gasteiger partial charge in [0.1, 0.15) is 11.2 Å². The Hall–Kier alpha value is -0.680. The van der Waals surface area contributed by atoms with Crippen molar-refractivity contribution in [2.45, 2.75) is 105 Å². The summed E-state index contributed by atoms with van der Waals surface area (Å²) in [5, 5.41) is 0. The smallest absolute Gasteiger partial charge is 0.110 e. The summed E-state index contributed by atoms with van der Waals surface area (Å²) in [7, 11) is 0. The van der Waals surface area contributed by atoms with Gasteiger partial charge in [-0.1, -0.05) is 24.3 Å². The van der Waals surface area contributed by atoms with Crippen LogP contribution in [0.5, 0.6) is 0 Å². The van der Waals surface area contributed by atoms with Gasteiger partial charge in [0.25, 0.3) is 0 Å². The van der Waals surface area contributed by atoms with Crippen molar-refractivity contribution < 1.29 is 19.6 Å². The lowest BCUT2D eigenvalue weighted by Crippen LogP contribution is -2.48. The van der Waals surface area contributed by atoms with E-state index in [-0.39, 0.29) is 22.0 Å². The molecule has 0 spiro atoms. The molecule has 1 rings (SSSR count). The number of hydrogen-bond donors (Lipinski definition) is 0. The SMILES string of the molecule is CC(C)(C)OOC(C)(C)C1(C)C=CC(C)(C(C)(C)OOC(C)(C)C)C=C1. The van der Waals surface area contributed by atoms with Crippen molar-refractivity contribution in [2.75, 3.05) is 0 Å². The molecule has 0 radical (unpaired) electrons. The molecule has 0 aromatic carbocycles. The molecule has 0 aromatic heterocycles. The molecule has 0 saturated carbocycles. The second-order valence-corrected chi connectivity index (χ2v) is 10.8. The van der Waals surface area contributed by atoms with E-state index in [0.717, 1.165) is 0 Å². The van der Waals surface area contributed by atoms with Gasteiger partial charge in [-0.2, -0.15) is 0 Å². The first-order valence-electron chi connectivity index (χ1n) is 9.47. The molecule has 0 atom stereocenters. The van der Waals surface area contributed by atoms with Crippen molar-refractivity contribution >= 4 is 0 Å². The Morgan fingerprint density at radius 1 is 0.462 bits per heavy atom. The summed E-state index contributed by atoms with van der Waals surface area (Å²) in [6, 6.07) is 0. The van der Waals surface area contributed by atoms with Crippen LogP contribution in [0.4, 0.5) is 0 Å². The van der Waals surface area contributed by atoms with Crippen molar-refractivity contribution in [3.05, 3.63) is 24.3 Å². The summed E-state index contributed by atoms with van der Waals surface area (Å²) in [5.41, 5.74) is -2.38. The zero-order valence-corrected chi connectivity index (χ0v) is 18.9. The first-order chi connectivity index (χ1) is 11.3. The highest BCUT2D eigenvalue weighted by atomic mass is 17.2. The van der Waals surface area contributed by atoms with Crippen molar-refractivity contribution in [3.8, 4) is 0 Å². The van der Waals surface area contributed by atoms with Gasteiger partial charge in [-0.15, -0.1) is 0 Å². The van der Waals surface area contributed by atoms with E-state index in [1.165, 1.54) is 0 Å². The number of hydrogen-bond acceptors (Lipinski definition) is 4. The van der Waals surface area contributed by atoms with Crippen LogP contribution >= 0.6 is 0 Å². The molecule has 0 unspecified atom stereocenters. The quantitative estimate of drug-likeness (QED) is 0.319. The fourth-order valence-corrected chi connectivity index (χ4v) is 2.24. The van der Waals surface area contributed by atoms with Crippen LogP contribution in [0.25, 0.3) is 0 Å². The van der Waals surface area contributed by atoms with Crippen molar-refractivity contribution in [3.63, 3.8) is 0 Å². The Labute approximate surface area is 160 Å². The average Bonchev–Trinajstić information content (AvgIpc) is 2.45. The summed E-state index contributed by atoms with van der Waals surface area (Å²) in [6.45, 7) is 24.3. The van der Waals surface area contributed by atoms with Gasteiger partial charge in [0, 0.05) is 10.8 Å². The molecule has 0 bridgehead atoms. The maximum Gasteiger partial charge on any atom is 0.110 e. The molecule has 4 heteroatoms. The Balaban J connectivity index is 2.96. The van der Waals surface area contributed by atoms with Gasteiger partial charge < -0.3 is 0 Å². The minimum absolute atomic E-state index is 0.307. The summed E-state index contributed by atoms with van der Waals surface area (Å²) in [4.78, 5) is 22.8. The average molecular weight is 369 g/mol. The maximum atomic E-state index is 5.82. The predicted octanol–water partition coefficient (Wildman–Crippen LogP) is 6.18. The summed E-state index contributed by atoms with van der Waals surface area (Å²) in [5.74, 6) is 0. The van der Waals surface area contributed by atoms with Gasteiger partial charge in [0.15, 0.2) is 0 Å². The highest BCUT2D eigenvalue weighted by Gasteiger charge is 2.47. The normalized spacial score (nSPS) is 27.8. The minimum Gasteiger partial charge on any atom is -0.230 e. The van der Waals surface area contributed by atoms with Gasteiger partial charge in [-0.05, 0) is 83.1 Å². The lowest BCUT2D eigenvalue weighted by Gasteiger charge is -2.46. The molecule has 1 aliphatic rings. The van der Waals surface area contributed by atoms with Crippen LogP contribution in [0, 0.1) is 10.8 Å². The highest BCUT2D eigenvalue weighted by molar-refractivity contribution is 5.30. The van der Waals surface area contributed by atoms with Crippen LogP contribution in [-0.4, -0.2) is 22.4 Å². The van der Waals surface area contributed by atoms with Crippen LogP contribution in [0.3, 0.4) is 0 Å². The van der Waals surface area contributed by atoms with E-state index in [2.05, 4.69) is 38.2 Å². The molecule has 1 aliphatic carbocycles. The monoisotopic (exact) mass is 368 g/mol. The molecule has 0 saturated heterocycles. The van der Waals surface area contributed by atoms with E-state index in [0.29, 0.717) is 0 Å². The van der Waals surface area contributed by atoms with E-state index in [1.807, 2.05) is 69.2 Å². The van der Waals surface area contributed by atoms with Crippen molar-refractivity contribution in [1.82, 2.24) is 0 Å². The fourth-order valence-electron chi connectivity index (χ4n) is 2.24. The molecule has 0 heterocycles. The topological polar surface area (TPSA) is 36.9 Å². The van der Waals surface area contributed by atoms with Crippen molar-refractivity contribution in [1.29, 1.82) is 0 Å². The van der Waals surface area contributed by atoms with Gasteiger partial charge in [-0.25, -0.2) is 19.6 Å². The second kappa shape index (κ2) is 7.05. The molecule has 0 aromatic rings. The van der Waals surface area contributed by atoms with Crippen LogP contribution in [-0.2, 0) is 19.6 Å². The minimum atomic E-state index is -0.526. The van der Waals surface area contributed by atoms with E-state index in [9.17, 15) is 0 Å². The third-order valence-electron chi connectivity index (χ3n) is 5.15. The molecule has 0 fully saturated rings. The molecular formula is C22H40O4. The van der Waals surface area contributed by atoms with Crippen LogP contribution in [0.1, 0.15) is 83.1 Å². The first-order valence-corrected chi connectivity index (χ1v) is 9.47. The van der Waals surface area contributed by atoms with Gasteiger partial charge >= 0.3 is 0 Å². The van der Waals surface area contributed by atoms with Crippen LogP contribution in [0.2, 0.25) is 0 Å². The zero-order valence-electron chi connectivity index (χ0n) is 18.9. The van der Waals surface area contributed by atoms with E-state index < -0.39 is 11.2 Å². The summed E-state index contributed by atoms with van der Waals surface area (Å²) >= 11 is 0. The maximum absolute atomic E-state index is 5.82. The third-order valence-corrected chi connectivity index (χ3v) is 5.15. The van der Waals surface area contributed by atoms with Gasteiger partial charge in [0.2, 0.25) is 0 Å². The molecular weight excluding hydrogens is 328 g/mol. The second-order valence-electron chi connectivity index (χ2n) is 10.8. The standard InChI is InChI=1S/C22H40O4/c1-17(2,3)23-25-19(7,8)21(11)13-15-22(12,16-14-21)20(9,10)26-24-18(4,5)6/h13-16H,1-12H3. The van der Waals surface area contributed by atoms with E-state index in [1.54, 1.807) is 0 Å². The zero-order chi connectivity index (χ0) is 20.7. The number of rotatable bonds is 6. The summed E-state index contributed by atoms with van der Waals surface area (Å²) < 4.78 is 0. The third kappa shape index (κ3) is 5.66. The molecule has 4 nitrogen and oxygen atoms in total. The Morgan fingerprint density at radius 3 is 0.885 bits per heavy atom. The van der Waals surface area contributed by atoms with E-state index >= 15 is 0 Å².